The highest BCUT2D eigenvalue weighted by Gasteiger charge is 2.37. The lowest BCUT2D eigenvalue weighted by Gasteiger charge is -2.40. The van der Waals surface area contributed by atoms with Crippen LogP contribution in [0.3, 0.4) is 0 Å². The number of nitrogens with one attached hydrogen (secondary N) is 1. The number of rotatable bonds is 3. The Kier molecular flexibility index (Phi) is 3.79. The molecule has 1 N–H and O–H groups in total. The number of piperidine rings is 1. The minimum absolute atomic E-state index is 0.0960. The highest BCUT2D eigenvalue weighted by atomic mass is 16.3. The summed E-state index contributed by atoms with van der Waals surface area (Å²) in [5.41, 5.74) is 3.37. The molecular weight excluding hydrogens is 324 g/mol. The van der Waals surface area contributed by atoms with Gasteiger partial charge in [-0.1, -0.05) is 30.3 Å². The van der Waals surface area contributed by atoms with Gasteiger partial charge in [-0.3, -0.25) is 4.79 Å². The summed E-state index contributed by atoms with van der Waals surface area (Å²) in [5.74, 6) is 1.71. The number of hydrogen-bond donors (Lipinski definition) is 1. The van der Waals surface area contributed by atoms with E-state index in [1.807, 2.05) is 22.8 Å². The van der Waals surface area contributed by atoms with E-state index >= 15 is 0 Å². The molecule has 0 saturated carbocycles. The maximum absolute atomic E-state index is 13.0. The smallest absolute Gasteiger partial charge is 0.261 e. The van der Waals surface area contributed by atoms with Crippen molar-refractivity contribution in [3.8, 4) is 11.3 Å². The first-order valence-corrected chi connectivity index (χ1v) is 9.43. The predicted octanol–water partition coefficient (Wildman–Crippen LogP) is 2.31. The number of aromatic nitrogens is 1. The Bertz CT molecular complexity index is 960. The normalized spacial score (nSPS) is 24.2. The molecule has 2 aliphatic rings. The van der Waals surface area contributed by atoms with Crippen LogP contribution in [-0.2, 0) is 13.1 Å². The van der Waals surface area contributed by atoms with Crippen molar-refractivity contribution in [1.82, 2.24) is 4.57 Å². The van der Waals surface area contributed by atoms with E-state index in [2.05, 4.69) is 36.4 Å². The van der Waals surface area contributed by atoms with Crippen molar-refractivity contribution < 1.29 is 9.32 Å². The summed E-state index contributed by atoms with van der Waals surface area (Å²) >= 11 is 0. The van der Waals surface area contributed by atoms with Crippen molar-refractivity contribution in [2.45, 2.75) is 25.4 Å². The van der Waals surface area contributed by atoms with E-state index in [4.69, 9.17) is 4.42 Å². The average Bonchev–Trinajstić information content (AvgIpc) is 3.18. The van der Waals surface area contributed by atoms with Gasteiger partial charge in [0.2, 0.25) is 0 Å². The third-order valence-corrected chi connectivity index (χ3v) is 5.88. The van der Waals surface area contributed by atoms with E-state index in [0.717, 1.165) is 26.2 Å². The monoisotopic (exact) mass is 347 g/mol. The molecule has 2 aliphatic heterocycles. The summed E-state index contributed by atoms with van der Waals surface area (Å²) in [7, 11) is 0. The van der Waals surface area contributed by atoms with Gasteiger partial charge in [0.25, 0.3) is 5.56 Å². The molecule has 4 nitrogen and oxygen atoms in total. The number of hydrogen-bond acceptors (Lipinski definition) is 2. The number of quaternary nitrogens is 1. The second kappa shape index (κ2) is 6.29. The van der Waals surface area contributed by atoms with Crippen LogP contribution in [-0.4, -0.2) is 17.7 Å². The molecule has 5 rings (SSSR count). The van der Waals surface area contributed by atoms with Crippen LogP contribution in [0.1, 0.15) is 23.6 Å². The van der Waals surface area contributed by atoms with Gasteiger partial charge >= 0.3 is 0 Å². The first kappa shape index (κ1) is 15.6. The molecule has 0 aliphatic carbocycles. The molecule has 0 amide bonds. The van der Waals surface area contributed by atoms with Crippen LogP contribution >= 0.6 is 0 Å². The fraction of sp³-hybridized carbons (Fsp3) is 0.318. The van der Waals surface area contributed by atoms with Crippen LogP contribution in [0.4, 0.5) is 0 Å². The summed E-state index contributed by atoms with van der Waals surface area (Å²) < 4.78 is 7.46. The minimum Gasteiger partial charge on any atom is -0.464 e. The van der Waals surface area contributed by atoms with Gasteiger partial charge in [-0.05, 0) is 30.7 Å². The predicted molar refractivity (Wildman–Crippen MR) is 100 cm³/mol. The minimum atomic E-state index is 0.0960. The van der Waals surface area contributed by atoms with Gasteiger partial charge in [0.15, 0.2) is 0 Å². The number of fused-ring (bicyclic) bond motifs is 4. The number of likely N-dealkylation sites (tertiary alicyclic amines) is 1. The number of benzene rings is 1. The van der Waals surface area contributed by atoms with Gasteiger partial charge in [-0.2, -0.15) is 0 Å². The highest BCUT2D eigenvalue weighted by Crippen LogP contribution is 2.31. The Labute approximate surface area is 152 Å². The van der Waals surface area contributed by atoms with Crippen LogP contribution in [0.25, 0.3) is 11.3 Å². The van der Waals surface area contributed by atoms with Crippen LogP contribution in [0.2, 0.25) is 0 Å². The molecule has 1 unspecified atom stereocenters. The first-order chi connectivity index (χ1) is 12.8. The number of nitrogens with zero attached hydrogens (tertiary/aromatic N) is 1. The Hall–Kier alpha value is -2.59. The van der Waals surface area contributed by atoms with E-state index < -0.39 is 0 Å². The molecular formula is C22H23N2O2+. The Balaban J connectivity index is 1.44. The molecule has 0 spiro atoms. The second-order valence-electron chi connectivity index (χ2n) is 7.68. The van der Waals surface area contributed by atoms with E-state index in [0.29, 0.717) is 23.2 Å². The van der Waals surface area contributed by atoms with Crippen LogP contribution < -0.4 is 10.5 Å². The van der Waals surface area contributed by atoms with Crippen LogP contribution in [0, 0.1) is 5.92 Å². The average molecular weight is 347 g/mol. The zero-order valence-electron chi connectivity index (χ0n) is 14.7. The Morgan fingerprint density at radius 1 is 1.04 bits per heavy atom. The van der Waals surface area contributed by atoms with Gasteiger partial charge in [-0.25, -0.2) is 0 Å². The molecule has 26 heavy (non-hydrogen) atoms. The zero-order valence-corrected chi connectivity index (χ0v) is 14.7. The molecule has 0 radical (unpaired) electrons. The zero-order chi connectivity index (χ0) is 17.5. The van der Waals surface area contributed by atoms with Crippen LogP contribution in [0.15, 0.2) is 70.1 Å². The van der Waals surface area contributed by atoms with E-state index in [1.165, 1.54) is 17.7 Å². The van der Waals surface area contributed by atoms with Crippen LogP contribution in [0.5, 0.6) is 0 Å². The van der Waals surface area contributed by atoms with Crippen molar-refractivity contribution >= 4 is 0 Å². The number of furan rings is 1. The summed E-state index contributed by atoms with van der Waals surface area (Å²) in [6.45, 7) is 4.15. The molecule has 3 atom stereocenters. The standard InChI is InChI=1S/C22H22N2O2/c25-22-19(21-7-4-10-26-21)8-9-20-18-11-17(14-24(20)22)13-23(15-18)12-16-5-2-1-3-6-16/h1-10,17-18H,11-15H2/p+1/t17-,18+/m0/s1. The van der Waals surface area contributed by atoms with Gasteiger partial charge in [0.1, 0.15) is 12.3 Å². The third kappa shape index (κ3) is 2.71. The number of pyridine rings is 1. The summed E-state index contributed by atoms with van der Waals surface area (Å²) in [4.78, 5) is 14.6. The molecule has 2 aromatic heterocycles. The highest BCUT2D eigenvalue weighted by molar-refractivity contribution is 5.56. The maximum Gasteiger partial charge on any atom is 0.261 e. The molecule has 1 fully saturated rings. The lowest BCUT2D eigenvalue weighted by atomic mass is 9.82. The summed E-state index contributed by atoms with van der Waals surface area (Å²) in [6.07, 6.45) is 2.83. The lowest BCUT2D eigenvalue weighted by Crippen LogP contribution is -3.13. The third-order valence-electron chi connectivity index (χ3n) is 5.88. The molecule has 1 aromatic carbocycles. The summed E-state index contributed by atoms with van der Waals surface area (Å²) in [6, 6.07) is 18.5. The Morgan fingerprint density at radius 3 is 2.73 bits per heavy atom. The van der Waals surface area contributed by atoms with Crippen molar-refractivity contribution in [2.75, 3.05) is 13.1 Å². The largest absolute Gasteiger partial charge is 0.464 e. The molecule has 4 heteroatoms. The van der Waals surface area contributed by atoms with E-state index in [9.17, 15) is 4.79 Å². The fourth-order valence-corrected chi connectivity index (χ4v) is 4.82. The van der Waals surface area contributed by atoms with Gasteiger partial charge < -0.3 is 13.9 Å². The molecule has 4 heterocycles. The maximum atomic E-state index is 13.0. The lowest BCUT2D eigenvalue weighted by molar-refractivity contribution is -0.924. The van der Waals surface area contributed by atoms with Crippen molar-refractivity contribution in [3.63, 3.8) is 0 Å². The SMILES string of the molecule is O=c1c(-c2ccco2)ccc2n1C[C@H]1C[C@@H]2C[NH+](Cc2ccccc2)C1. The molecule has 1 saturated heterocycles. The van der Waals surface area contributed by atoms with Gasteiger partial charge in [0.05, 0.1) is 24.9 Å². The first-order valence-electron chi connectivity index (χ1n) is 9.43. The molecule has 3 aromatic rings. The fourth-order valence-electron chi connectivity index (χ4n) is 4.82. The van der Waals surface area contributed by atoms with E-state index in [-0.39, 0.29) is 5.56 Å². The van der Waals surface area contributed by atoms with Crippen molar-refractivity contribution in [1.29, 1.82) is 0 Å². The van der Waals surface area contributed by atoms with Crippen molar-refractivity contribution in [2.24, 2.45) is 5.92 Å². The summed E-state index contributed by atoms with van der Waals surface area (Å²) in [5, 5.41) is 0. The second-order valence-corrected chi connectivity index (χ2v) is 7.68. The molecule has 132 valence electrons. The van der Waals surface area contributed by atoms with Gasteiger partial charge in [0, 0.05) is 29.6 Å². The quantitative estimate of drug-likeness (QED) is 0.790. The molecule has 2 bridgehead atoms. The van der Waals surface area contributed by atoms with Gasteiger partial charge in [-0.15, -0.1) is 0 Å². The van der Waals surface area contributed by atoms with E-state index in [1.54, 1.807) is 11.2 Å². The Morgan fingerprint density at radius 2 is 1.92 bits per heavy atom. The topological polar surface area (TPSA) is 39.6 Å². The van der Waals surface area contributed by atoms with Crippen molar-refractivity contribution in [3.05, 3.63) is 82.5 Å².